The fourth-order valence-electron chi connectivity index (χ4n) is 2.37. The summed E-state index contributed by atoms with van der Waals surface area (Å²) >= 11 is 0. The number of nitrogens with zero attached hydrogens (tertiary/aromatic N) is 4. The molecule has 8 nitrogen and oxygen atoms in total. The van der Waals surface area contributed by atoms with Crippen LogP contribution in [0.4, 0.5) is 0 Å². The van der Waals surface area contributed by atoms with E-state index in [0.717, 1.165) is 12.2 Å². The van der Waals surface area contributed by atoms with E-state index in [1.165, 1.54) is 4.31 Å². The van der Waals surface area contributed by atoms with Crippen LogP contribution >= 0.6 is 0 Å². The van der Waals surface area contributed by atoms with Crippen LogP contribution in [0.5, 0.6) is 0 Å². The maximum absolute atomic E-state index is 11.8. The molecule has 1 aliphatic heterocycles. The highest BCUT2D eigenvalue weighted by molar-refractivity contribution is 7.89. The van der Waals surface area contributed by atoms with Crippen molar-refractivity contribution in [3.05, 3.63) is 11.9 Å². The maximum atomic E-state index is 11.8. The molecule has 0 aliphatic carbocycles. The van der Waals surface area contributed by atoms with Crippen molar-refractivity contribution < 1.29 is 13.2 Å². The largest absolute Gasteiger partial charge is 0.379 e. The van der Waals surface area contributed by atoms with Gasteiger partial charge in [0, 0.05) is 46.8 Å². The molecule has 9 heteroatoms. The lowest BCUT2D eigenvalue weighted by atomic mass is 10.0. The van der Waals surface area contributed by atoms with E-state index < -0.39 is 10.0 Å². The quantitative estimate of drug-likeness (QED) is 0.733. The zero-order chi connectivity index (χ0) is 14.8. The SMILES string of the molecule is CO[C@@H]1CN(CCS(=O)(=O)N(C)C)C[C@H]1c1cn[nH]n1. The molecule has 0 amide bonds. The Labute approximate surface area is 119 Å². The minimum atomic E-state index is -3.16. The van der Waals surface area contributed by atoms with Crippen molar-refractivity contribution in [2.45, 2.75) is 12.0 Å². The Kier molecular flexibility index (Phi) is 4.74. The molecule has 2 atom stereocenters. The van der Waals surface area contributed by atoms with E-state index >= 15 is 0 Å². The first-order valence-corrected chi connectivity index (χ1v) is 8.06. The van der Waals surface area contributed by atoms with Gasteiger partial charge in [-0.25, -0.2) is 12.7 Å². The normalized spacial score (nSPS) is 24.6. The van der Waals surface area contributed by atoms with Gasteiger partial charge in [-0.05, 0) is 0 Å². The molecule has 1 saturated heterocycles. The first-order valence-electron chi connectivity index (χ1n) is 6.45. The third kappa shape index (κ3) is 3.35. The van der Waals surface area contributed by atoms with Gasteiger partial charge in [0.05, 0.1) is 23.7 Å². The van der Waals surface area contributed by atoms with Gasteiger partial charge >= 0.3 is 0 Å². The molecule has 1 N–H and O–H groups in total. The third-order valence-corrected chi connectivity index (χ3v) is 5.49. The molecule has 1 fully saturated rings. The van der Waals surface area contributed by atoms with Gasteiger partial charge in [-0.15, -0.1) is 0 Å². The Morgan fingerprint density at radius 2 is 2.25 bits per heavy atom. The number of likely N-dealkylation sites (tertiary alicyclic amines) is 1. The highest BCUT2D eigenvalue weighted by atomic mass is 32.2. The fourth-order valence-corrected chi connectivity index (χ4v) is 3.23. The average Bonchev–Trinajstić information content (AvgIpc) is 3.04. The Balaban J connectivity index is 1.96. The molecule has 0 unspecified atom stereocenters. The third-order valence-electron chi connectivity index (χ3n) is 3.68. The van der Waals surface area contributed by atoms with E-state index in [-0.39, 0.29) is 17.8 Å². The monoisotopic (exact) mass is 303 g/mol. The second-order valence-electron chi connectivity index (χ2n) is 5.13. The zero-order valence-corrected chi connectivity index (χ0v) is 12.8. The van der Waals surface area contributed by atoms with Crippen LogP contribution in [-0.4, -0.2) is 85.7 Å². The fraction of sp³-hybridized carbons (Fsp3) is 0.818. The summed E-state index contributed by atoms with van der Waals surface area (Å²) in [5.74, 6) is 0.239. The molecule has 20 heavy (non-hydrogen) atoms. The molecule has 114 valence electrons. The lowest BCUT2D eigenvalue weighted by molar-refractivity contribution is 0.0969. The molecule has 0 aromatic carbocycles. The Morgan fingerprint density at radius 1 is 1.50 bits per heavy atom. The summed E-state index contributed by atoms with van der Waals surface area (Å²) in [6.07, 6.45) is 1.71. The molecule has 0 bridgehead atoms. The van der Waals surface area contributed by atoms with Crippen molar-refractivity contribution >= 4 is 10.0 Å². The van der Waals surface area contributed by atoms with Crippen LogP contribution in [0.3, 0.4) is 0 Å². The van der Waals surface area contributed by atoms with Crippen LogP contribution in [0.1, 0.15) is 11.6 Å². The second kappa shape index (κ2) is 6.17. The van der Waals surface area contributed by atoms with Gasteiger partial charge in [0.25, 0.3) is 0 Å². The number of ether oxygens (including phenoxy) is 1. The summed E-state index contributed by atoms with van der Waals surface area (Å²) in [6, 6.07) is 0. The predicted octanol–water partition coefficient (Wildman–Crippen LogP) is -0.890. The lowest BCUT2D eigenvalue weighted by Crippen LogP contribution is -2.33. The number of nitrogens with one attached hydrogen (secondary N) is 1. The van der Waals surface area contributed by atoms with Crippen LogP contribution in [0.15, 0.2) is 6.20 Å². The summed E-state index contributed by atoms with van der Waals surface area (Å²) < 4.78 is 30.3. The van der Waals surface area contributed by atoms with Crippen molar-refractivity contribution in [2.75, 3.05) is 46.6 Å². The molecule has 0 spiro atoms. The molecule has 0 radical (unpaired) electrons. The van der Waals surface area contributed by atoms with Gasteiger partial charge in [0.15, 0.2) is 0 Å². The smallest absolute Gasteiger partial charge is 0.214 e. The van der Waals surface area contributed by atoms with Crippen molar-refractivity contribution in [3.63, 3.8) is 0 Å². The van der Waals surface area contributed by atoms with Gasteiger partial charge < -0.3 is 4.74 Å². The molecule has 0 saturated carbocycles. The number of H-pyrrole nitrogens is 1. The van der Waals surface area contributed by atoms with Crippen molar-refractivity contribution in [3.8, 4) is 0 Å². The highest BCUT2D eigenvalue weighted by Crippen LogP contribution is 2.27. The van der Waals surface area contributed by atoms with Crippen LogP contribution in [0.25, 0.3) is 0 Å². The summed E-state index contributed by atoms with van der Waals surface area (Å²) in [4.78, 5) is 2.09. The molecule has 2 heterocycles. The summed E-state index contributed by atoms with van der Waals surface area (Å²) in [6.45, 7) is 1.93. The number of aromatic amines is 1. The van der Waals surface area contributed by atoms with Gasteiger partial charge in [-0.1, -0.05) is 0 Å². The minimum absolute atomic E-state index is 0.0159. The van der Waals surface area contributed by atoms with Gasteiger partial charge in [0.2, 0.25) is 10.0 Å². The topological polar surface area (TPSA) is 91.4 Å². The molecule has 1 aliphatic rings. The van der Waals surface area contributed by atoms with Crippen LogP contribution in [0, 0.1) is 0 Å². The standard InChI is InChI=1S/C11H21N5O3S/c1-15(2)20(17,18)5-4-16-7-9(11(8-16)19-3)10-6-12-14-13-10/h6,9,11H,4-5,7-8H2,1-3H3,(H,12,13,14)/t9-,11+/m0/s1. The van der Waals surface area contributed by atoms with Gasteiger partial charge in [0.1, 0.15) is 0 Å². The van der Waals surface area contributed by atoms with Crippen molar-refractivity contribution in [1.82, 2.24) is 24.6 Å². The Bertz CT molecular complexity index is 516. The average molecular weight is 303 g/mol. The van der Waals surface area contributed by atoms with Crippen LogP contribution < -0.4 is 0 Å². The lowest BCUT2D eigenvalue weighted by Gasteiger charge is -2.17. The number of sulfonamides is 1. The van der Waals surface area contributed by atoms with Crippen molar-refractivity contribution in [2.24, 2.45) is 0 Å². The number of hydrogen-bond donors (Lipinski definition) is 1. The number of rotatable bonds is 6. The first kappa shape index (κ1) is 15.4. The molecular formula is C11H21N5O3S. The minimum Gasteiger partial charge on any atom is -0.379 e. The van der Waals surface area contributed by atoms with E-state index in [2.05, 4.69) is 20.3 Å². The molecule has 2 rings (SSSR count). The van der Waals surface area contributed by atoms with E-state index in [4.69, 9.17) is 4.74 Å². The Morgan fingerprint density at radius 3 is 2.80 bits per heavy atom. The number of methoxy groups -OCH3 is 1. The second-order valence-corrected chi connectivity index (χ2v) is 7.44. The predicted molar refractivity (Wildman–Crippen MR) is 73.8 cm³/mol. The summed E-state index contributed by atoms with van der Waals surface area (Å²) in [7, 11) is 1.60. The Hall–Kier alpha value is -1.03. The number of hydrogen-bond acceptors (Lipinski definition) is 6. The van der Waals surface area contributed by atoms with Gasteiger partial charge in [-0.3, -0.25) is 4.90 Å². The molecule has 1 aromatic heterocycles. The zero-order valence-electron chi connectivity index (χ0n) is 12.0. The highest BCUT2D eigenvalue weighted by Gasteiger charge is 2.35. The van der Waals surface area contributed by atoms with Crippen LogP contribution in [0.2, 0.25) is 0 Å². The summed E-state index contributed by atoms with van der Waals surface area (Å²) in [5, 5.41) is 10.5. The summed E-state index contributed by atoms with van der Waals surface area (Å²) in [5.41, 5.74) is 0.856. The van der Waals surface area contributed by atoms with Gasteiger partial charge in [-0.2, -0.15) is 15.4 Å². The maximum Gasteiger partial charge on any atom is 0.214 e. The van der Waals surface area contributed by atoms with E-state index in [1.807, 2.05) is 0 Å². The molecule has 1 aromatic rings. The van der Waals surface area contributed by atoms with Crippen LogP contribution in [-0.2, 0) is 14.8 Å². The van der Waals surface area contributed by atoms with E-state index in [0.29, 0.717) is 13.1 Å². The first-order chi connectivity index (χ1) is 9.44. The number of aromatic nitrogens is 3. The van der Waals surface area contributed by atoms with E-state index in [1.54, 1.807) is 27.4 Å². The molecular weight excluding hydrogens is 282 g/mol. The van der Waals surface area contributed by atoms with E-state index in [9.17, 15) is 8.42 Å². The van der Waals surface area contributed by atoms with Crippen molar-refractivity contribution in [1.29, 1.82) is 0 Å².